The van der Waals surface area contributed by atoms with E-state index in [1.807, 2.05) is 30.3 Å². The summed E-state index contributed by atoms with van der Waals surface area (Å²) < 4.78 is 5.53. The molecular weight excluding hydrogens is 264 g/mol. The van der Waals surface area contributed by atoms with Crippen LogP contribution in [0.2, 0.25) is 0 Å². The normalized spacial score (nSPS) is 19.2. The zero-order valence-corrected chi connectivity index (χ0v) is 12.9. The Morgan fingerprint density at radius 2 is 2.19 bits per heavy atom. The molecule has 0 radical (unpaired) electrons. The van der Waals surface area contributed by atoms with Crippen LogP contribution in [0.15, 0.2) is 30.3 Å². The molecule has 1 heterocycles. The van der Waals surface area contributed by atoms with Crippen molar-refractivity contribution in [3.63, 3.8) is 0 Å². The fraction of sp³-hybridized carbons (Fsp3) is 0.588. The van der Waals surface area contributed by atoms with Gasteiger partial charge in [-0.2, -0.15) is 0 Å². The molecule has 1 saturated heterocycles. The lowest BCUT2D eigenvalue weighted by molar-refractivity contribution is -0.121. The maximum absolute atomic E-state index is 11.8. The number of ether oxygens (including phenoxy) is 1. The first-order valence-corrected chi connectivity index (χ1v) is 7.95. The van der Waals surface area contributed by atoms with Gasteiger partial charge in [-0.05, 0) is 44.0 Å². The first-order chi connectivity index (χ1) is 10.3. The molecule has 0 aliphatic carbocycles. The quantitative estimate of drug-likeness (QED) is 0.838. The van der Waals surface area contributed by atoms with Gasteiger partial charge in [0.2, 0.25) is 5.91 Å². The lowest BCUT2D eigenvalue weighted by Gasteiger charge is -2.31. The molecule has 4 heteroatoms. The van der Waals surface area contributed by atoms with Crippen molar-refractivity contribution in [1.29, 1.82) is 0 Å². The molecule has 2 rings (SSSR count). The number of piperidine rings is 1. The molecule has 0 spiro atoms. The number of para-hydroxylation sites is 1. The second-order valence-electron chi connectivity index (χ2n) is 5.62. The van der Waals surface area contributed by atoms with Gasteiger partial charge in [0, 0.05) is 13.1 Å². The largest absolute Gasteiger partial charge is 0.493 e. The molecule has 1 fully saturated rings. The van der Waals surface area contributed by atoms with Gasteiger partial charge in [-0.25, -0.2) is 0 Å². The molecule has 1 amide bonds. The summed E-state index contributed by atoms with van der Waals surface area (Å²) in [6, 6.07) is 9.61. The van der Waals surface area contributed by atoms with Gasteiger partial charge in [0.05, 0.1) is 13.0 Å². The second-order valence-corrected chi connectivity index (χ2v) is 5.62. The molecule has 1 atom stereocenters. The summed E-state index contributed by atoms with van der Waals surface area (Å²) in [5.74, 6) is 1.49. The lowest BCUT2D eigenvalue weighted by atomic mass is 9.98. The summed E-state index contributed by atoms with van der Waals surface area (Å²) in [7, 11) is 0. The van der Waals surface area contributed by atoms with Crippen molar-refractivity contribution >= 4 is 5.91 Å². The van der Waals surface area contributed by atoms with E-state index in [4.69, 9.17) is 4.74 Å². The zero-order valence-electron chi connectivity index (χ0n) is 12.9. The average molecular weight is 290 g/mol. The number of amides is 1. The lowest BCUT2D eigenvalue weighted by Crippen LogP contribution is -2.40. The third kappa shape index (κ3) is 5.76. The minimum Gasteiger partial charge on any atom is -0.493 e. The smallest absolute Gasteiger partial charge is 0.223 e. The van der Waals surface area contributed by atoms with Crippen molar-refractivity contribution in [3.8, 4) is 5.75 Å². The predicted molar refractivity (Wildman–Crippen MR) is 84.4 cm³/mol. The summed E-state index contributed by atoms with van der Waals surface area (Å²) in [5, 5.41) is 3.04. The monoisotopic (exact) mass is 290 g/mol. The molecule has 1 aromatic carbocycles. The summed E-state index contributed by atoms with van der Waals surface area (Å²) in [5.41, 5.74) is 0. The van der Waals surface area contributed by atoms with Gasteiger partial charge in [0.25, 0.3) is 0 Å². The van der Waals surface area contributed by atoms with Gasteiger partial charge in [-0.1, -0.05) is 25.1 Å². The number of nitrogens with zero attached hydrogens (tertiary/aromatic N) is 1. The highest BCUT2D eigenvalue weighted by Crippen LogP contribution is 2.15. The molecule has 1 N–H and O–H groups in total. The summed E-state index contributed by atoms with van der Waals surface area (Å²) >= 11 is 0. The van der Waals surface area contributed by atoms with Gasteiger partial charge in [-0.3, -0.25) is 4.79 Å². The highest BCUT2D eigenvalue weighted by molar-refractivity contribution is 5.75. The van der Waals surface area contributed by atoms with E-state index in [9.17, 15) is 4.79 Å². The molecule has 1 aliphatic heterocycles. The fourth-order valence-electron chi connectivity index (χ4n) is 2.73. The average Bonchev–Trinajstić information content (AvgIpc) is 2.54. The number of rotatable bonds is 7. The highest BCUT2D eigenvalue weighted by Gasteiger charge is 2.18. The van der Waals surface area contributed by atoms with Gasteiger partial charge in [0.15, 0.2) is 0 Å². The first-order valence-electron chi connectivity index (χ1n) is 7.95. The number of likely N-dealkylation sites (tertiary alicyclic amines) is 1. The van der Waals surface area contributed by atoms with Crippen molar-refractivity contribution in [1.82, 2.24) is 10.2 Å². The van der Waals surface area contributed by atoms with Gasteiger partial charge < -0.3 is 15.0 Å². The Balaban J connectivity index is 1.59. The van der Waals surface area contributed by atoms with E-state index in [1.54, 1.807) is 0 Å². The van der Waals surface area contributed by atoms with Gasteiger partial charge >= 0.3 is 0 Å². The van der Waals surface area contributed by atoms with Crippen LogP contribution >= 0.6 is 0 Å². The van der Waals surface area contributed by atoms with Crippen LogP contribution < -0.4 is 10.1 Å². The van der Waals surface area contributed by atoms with Gasteiger partial charge in [-0.15, -0.1) is 0 Å². The van der Waals surface area contributed by atoms with E-state index in [-0.39, 0.29) is 5.91 Å². The standard InChI is InChI=1S/C17H26N2O2/c1-2-19-11-6-7-15(14-19)13-18-17(20)10-12-21-16-8-4-3-5-9-16/h3-5,8-9,15H,2,6-7,10-14H2,1H3,(H,18,20)/t15-/m0/s1. The Labute approximate surface area is 127 Å². The van der Waals surface area contributed by atoms with Crippen molar-refractivity contribution in [2.45, 2.75) is 26.2 Å². The summed E-state index contributed by atoms with van der Waals surface area (Å²) in [4.78, 5) is 14.3. The number of hydrogen-bond acceptors (Lipinski definition) is 3. The van der Waals surface area contributed by atoms with Crippen LogP contribution in [0, 0.1) is 5.92 Å². The van der Waals surface area contributed by atoms with Crippen molar-refractivity contribution in [2.75, 3.05) is 32.8 Å². The number of nitrogens with one attached hydrogen (secondary N) is 1. The van der Waals surface area contributed by atoms with Crippen LogP contribution in [0.4, 0.5) is 0 Å². The molecule has 21 heavy (non-hydrogen) atoms. The second kappa shape index (κ2) is 8.67. The van der Waals surface area contributed by atoms with E-state index in [2.05, 4.69) is 17.1 Å². The van der Waals surface area contributed by atoms with Crippen LogP contribution in [0.3, 0.4) is 0 Å². The highest BCUT2D eigenvalue weighted by atomic mass is 16.5. The van der Waals surface area contributed by atoms with Gasteiger partial charge in [0.1, 0.15) is 5.75 Å². The molecule has 4 nitrogen and oxygen atoms in total. The predicted octanol–water partition coefficient (Wildman–Crippen LogP) is 2.30. The third-order valence-electron chi connectivity index (χ3n) is 3.98. The minimum atomic E-state index is 0.0829. The maximum Gasteiger partial charge on any atom is 0.223 e. The van der Waals surface area contributed by atoms with Crippen LogP contribution in [-0.4, -0.2) is 43.6 Å². The SMILES string of the molecule is CCN1CCC[C@@H](CNC(=O)CCOc2ccccc2)C1. The molecular formula is C17H26N2O2. The van der Waals surface area contributed by atoms with Crippen molar-refractivity contribution in [2.24, 2.45) is 5.92 Å². The molecule has 0 bridgehead atoms. The third-order valence-corrected chi connectivity index (χ3v) is 3.98. The number of carbonyl (C=O) groups excluding carboxylic acids is 1. The Morgan fingerprint density at radius 3 is 2.95 bits per heavy atom. The maximum atomic E-state index is 11.8. The Morgan fingerprint density at radius 1 is 1.38 bits per heavy atom. The topological polar surface area (TPSA) is 41.6 Å². The minimum absolute atomic E-state index is 0.0829. The fourth-order valence-corrected chi connectivity index (χ4v) is 2.73. The van der Waals surface area contributed by atoms with Crippen LogP contribution in [-0.2, 0) is 4.79 Å². The summed E-state index contributed by atoms with van der Waals surface area (Å²) in [6.45, 7) is 6.84. The Kier molecular flexibility index (Phi) is 6.54. The van der Waals surface area contributed by atoms with E-state index in [1.165, 1.54) is 19.4 Å². The van der Waals surface area contributed by atoms with Crippen LogP contribution in [0.25, 0.3) is 0 Å². The molecule has 1 aromatic rings. The molecule has 116 valence electrons. The molecule has 0 unspecified atom stereocenters. The summed E-state index contributed by atoms with van der Waals surface area (Å²) in [6.07, 6.45) is 2.88. The number of carbonyl (C=O) groups is 1. The first kappa shape index (κ1) is 15.8. The van der Waals surface area contributed by atoms with Crippen LogP contribution in [0.1, 0.15) is 26.2 Å². The van der Waals surface area contributed by atoms with E-state index in [0.29, 0.717) is 18.9 Å². The zero-order chi connectivity index (χ0) is 14.9. The Hall–Kier alpha value is -1.55. The molecule has 0 aromatic heterocycles. The van der Waals surface area contributed by atoms with E-state index >= 15 is 0 Å². The van der Waals surface area contributed by atoms with E-state index in [0.717, 1.165) is 25.4 Å². The Bertz CT molecular complexity index is 422. The number of benzene rings is 1. The van der Waals surface area contributed by atoms with Crippen molar-refractivity contribution < 1.29 is 9.53 Å². The van der Waals surface area contributed by atoms with Crippen LogP contribution in [0.5, 0.6) is 5.75 Å². The molecule has 0 saturated carbocycles. The van der Waals surface area contributed by atoms with Crippen molar-refractivity contribution in [3.05, 3.63) is 30.3 Å². The number of hydrogen-bond donors (Lipinski definition) is 1. The molecule has 1 aliphatic rings. The van der Waals surface area contributed by atoms with E-state index < -0.39 is 0 Å².